The lowest BCUT2D eigenvalue weighted by molar-refractivity contribution is -0.108. The molecule has 0 fully saturated rings. The number of aldehydes is 1. The largest absolute Gasteiger partial charge is 0.300 e. The maximum absolute atomic E-state index is 10.7. The van der Waals surface area contributed by atoms with Crippen molar-refractivity contribution < 1.29 is 4.79 Å². The Morgan fingerprint density at radius 3 is 2.29 bits per heavy atom. The first-order valence-corrected chi connectivity index (χ1v) is 5.36. The molecule has 1 aromatic carbocycles. The van der Waals surface area contributed by atoms with Gasteiger partial charge in [0.2, 0.25) is 0 Å². The number of rotatable bonds is 4. The average molecular weight is 252 g/mol. The Morgan fingerprint density at radius 2 is 1.86 bits per heavy atom. The highest BCUT2D eigenvalue weighted by molar-refractivity contribution is 6.56. The number of halogens is 3. The number of alkyl halides is 3. The van der Waals surface area contributed by atoms with Crippen LogP contribution in [0, 0.1) is 0 Å². The Bertz CT molecular complexity index is 297. The fraction of sp³-hybridized carbons (Fsp3) is 0.300. The van der Waals surface area contributed by atoms with Crippen molar-refractivity contribution in [2.45, 2.75) is 10.3 Å². The summed E-state index contributed by atoms with van der Waals surface area (Å²) in [5, 5.41) is 0. The van der Waals surface area contributed by atoms with Gasteiger partial charge in [-0.3, -0.25) is 4.79 Å². The minimum atomic E-state index is -1.46. The maximum Gasteiger partial charge on any atom is 0.180 e. The highest BCUT2D eigenvalue weighted by atomic mass is 35.5. The van der Waals surface area contributed by atoms with Gasteiger partial charge in [-0.05, 0) is 5.56 Å². The predicted molar refractivity (Wildman–Crippen MR) is 60.4 cm³/mol. The number of hydrogen-bond donors (Lipinski definition) is 0. The van der Waals surface area contributed by atoms with E-state index in [2.05, 4.69) is 0 Å². The molecule has 14 heavy (non-hydrogen) atoms. The van der Waals surface area contributed by atoms with Crippen molar-refractivity contribution in [2.24, 2.45) is 0 Å². The Labute approximate surface area is 98.0 Å². The van der Waals surface area contributed by atoms with Crippen LogP contribution in [0.4, 0.5) is 0 Å². The third kappa shape index (κ3) is 2.63. The Balaban J connectivity index is 2.99. The summed E-state index contributed by atoms with van der Waals surface area (Å²) in [5.74, 6) is -0.179. The van der Waals surface area contributed by atoms with E-state index in [9.17, 15) is 4.79 Å². The van der Waals surface area contributed by atoms with E-state index in [-0.39, 0.29) is 11.8 Å². The standard InChI is InChI=1S/C10H9Cl3O/c11-6-9(10(12,13)7-14)8-4-2-1-3-5-8/h1-5,7,9H,6H2. The first kappa shape index (κ1) is 11.8. The number of benzene rings is 1. The number of hydrogen-bond acceptors (Lipinski definition) is 1. The molecule has 4 heteroatoms. The van der Waals surface area contributed by atoms with Crippen LogP contribution in [0.25, 0.3) is 0 Å². The molecule has 76 valence electrons. The van der Waals surface area contributed by atoms with Crippen LogP contribution < -0.4 is 0 Å². The van der Waals surface area contributed by atoms with E-state index >= 15 is 0 Å². The van der Waals surface area contributed by atoms with E-state index in [1.807, 2.05) is 30.3 Å². The zero-order valence-corrected chi connectivity index (χ0v) is 9.56. The van der Waals surface area contributed by atoms with Crippen LogP contribution in [0.15, 0.2) is 30.3 Å². The highest BCUT2D eigenvalue weighted by Gasteiger charge is 2.35. The molecule has 0 heterocycles. The van der Waals surface area contributed by atoms with Crippen molar-refractivity contribution in [3.05, 3.63) is 35.9 Å². The second-order valence-corrected chi connectivity index (χ2v) is 4.66. The van der Waals surface area contributed by atoms with Gasteiger partial charge < -0.3 is 0 Å². The van der Waals surface area contributed by atoms with Crippen molar-refractivity contribution >= 4 is 41.1 Å². The maximum atomic E-state index is 10.7. The highest BCUT2D eigenvalue weighted by Crippen LogP contribution is 2.36. The van der Waals surface area contributed by atoms with Crippen LogP contribution in [-0.2, 0) is 4.79 Å². The van der Waals surface area contributed by atoms with E-state index in [0.717, 1.165) is 5.56 Å². The summed E-state index contributed by atoms with van der Waals surface area (Å²) in [6, 6.07) is 9.26. The molecule has 1 rings (SSSR count). The summed E-state index contributed by atoms with van der Waals surface area (Å²) >= 11 is 17.4. The predicted octanol–water partition coefficient (Wildman–Crippen LogP) is 3.38. The van der Waals surface area contributed by atoms with E-state index < -0.39 is 4.33 Å². The molecule has 0 aromatic heterocycles. The fourth-order valence-corrected chi connectivity index (χ4v) is 2.17. The summed E-state index contributed by atoms with van der Waals surface area (Å²) in [7, 11) is 0. The lowest BCUT2D eigenvalue weighted by atomic mass is 9.97. The fourth-order valence-electron chi connectivity index (χ4n) is 1.18. The lowest BCUT2D eigenvalue weighted by Crippen LogP contribution is -2.26. The van der Waals surface area contributed by atoms with Gasteiger partial charge in [0.15, 0.2) is 10.6 Å². The molecule has 0 radical (unpaired) electrons. The minimum absolute atomic E-state index is 0.204. The topological polar surface area (TPSA) is 17.1 Å². The number of carbonyl (C=O) groups excluding carboxylic acids is 1. The van der Waals surface area contributed by atoms with E-state index in [0.29, 0.717) is 6.29 Å². The zero-order valence-electron chi connectivity index (χ0n) is 7.29. The summed E-state index contributed by atoms with van der Waals surface area (Å²) in [5.41, 5.74) is 0.861. The van der Waals surface area contributed by atoms with E-state index in [1.54, 1.807) is 0 Å². The molecule has 1 unspecified atom stereocenters. The van der Waals surface area contributed by atoms with Gasteiger partial charge in [-0.2, -0.15) is 0 Å². The summed E-state index contributed by atoms with van der Waals surface area (Å²) in [6.07, 6.45) is 0.510. The van der Waals surface area contributed by atoms with E-state index in [1.165, 1.54) is 0 Å². The quantitative estimate of drug-likeness (QED) is 0.592. The Kier molecular flexibility index (Phi) is 4.24. The Hall–Kier alpha value is -0.240. The Morgan fingerprint density at radius 1 is 1.29 bits per heavy atom. The molecule has 0 bridgehead atoms. The monoisotopic (exact) mass is 250 g/mol. The molecule has 1 atom stereocenters. The van der Waals surface area contributed by atoms with Crippen LogP contribution in [0.1, 0.15) is 11.5 Å². The van der Waals surface area contributed by atoms with Gasteiger partial charge in [-0.1, -0.05) is 53.5 Å². The summed E-state index contributed by atoms with van der Waals surface area (Å²) in [4.78, 5) is 10.7. The first-order chi connectivity index (χ1) is 6.61. The lowest BCUT2D eigenvalue weighted by Gasteiger charge is -2.23. The van der Waals surface area contributed by atoms with Crippen LogP contribution in [0.5, 0.6) is 0 Å². The molecule has 0 spiro atoms. The minimum Gasteiger partial charge on any atom is -0.300 e. The molecule has 0 aliphatic carbocycles. The first-order valence-electron chi connectivity index (χ1n) is 4.07. The zero-order chi connectivity index (χ0) is 10.6. The summed E-state index contributed by atoms with van der Waals surface area (Å²) in [6.45, 7) is 0. The van der Waals surface area contributed by atoms with Gasteiger partial charge >= 0.3 is 0 Å². The second-order valence-electron chi connectivity index (χ2n) is 2.91. The molecular weight excluding hydrogens is 242 g/mol. The second kappa shape index (κ2) is 5.01. The molecule has 0 aliphatic heterocycles. The van der Waals surface area contributed by atoms with Gasteiger partial charge in [0.25, 0.3) is 0 Å². The van der Waals surface area contributed by atoms with Gasteiger partial charge in [0.05, 0.1) is 0 Å². The van der Waals surface area contributed by atoms with Crippen LogP contribution in [0.3, 0.4) is 0 Å². The van der Waals surface area contributed by atoms with Crippen LogP contribution in [-0.4, -0.2) is 16.5 Å². The van der Waals surface area contributed by atoms with Crippen molar-refractivity contribution in [1.29, 1.82) is 0 Å². The smallest absolute Gasteiger partial charge is 0.180 e. The van der Waals surface area contributed by atoms with Crippen molar-refractivity contribution in [1.82, 2.24) is 0 Å². The number of carbonyl (C=O) groups is 1. The van der Waals surface area contributed by atoms with Gasteiger partial charge in [0.1, 0.15) is 0 Å². The molecule has 0 amide bonds. The molecule has 1 aromatic rings. The van der Waals surface area contributed by atoms with Crippen molar-refractivity contribution in [3.8, 4) is 0 Å². The molecule has 0 N–H and O–H groups in total. The molecule has 0 aliphatic rings. The SMILES string of the molecule is O=CC(Cl)(Cl)C(CCl)c1ccccc1. The molecule has 0 saturated heterocycles. The van der Waals surface area contributed by atoms with Gasteiger partial charge in [-0.15, -0.1) is 11.6 Å². The van der Waals surface area contributed by atoms with Crippen molar-refractivity contribution in [2.75, 3.05) is 5.88 Å². The molecule has 0 saturated carbocycles. The van der Waals surface area contributed by atoms with Crippen molar-refractivity contribution in [3.63, 3.8) is 0 Å². The van der Waals surface area contributed by atoms with E-state index in [4.69, 9.17) is 34.8 Å². The molecular formula is C10H9Cl3O. The third-order valence-electron chi connectivity index (χ3n) is 1.98. The third-order valence-corrected chi connectivity index (χ3v) is 2.99. The molecule has 1 nitrogen and oxygen atoms in total. The van der Waals surface area contributed by atoms with Crippen LogP contribution >= 0.6 is 34.8 Å². The average Bonchev–Trinajstić information content (AvgIpc) is 2.20. The normalized spacial score (nSPS) is 13.6. The summed E-state index contributed by atoms with van der Waals surface area (Å²) < 4.78 is -1.46. The van der Waals surface area contributed by atoms with Gasteiger partial charge in [0, 0.05) is 11.8 Å². The van der Waals surface area contributed by atoms with Crippen LogP contribution in [0.2, 0.25) is 0 Å². The van der Waals surface area contributed by atoms with Gasteiger partial charge in [-0.25, -0.2) is 0 Å².